The maximum Gasteiger partial charge on any atom is 0.333 e. The Morgan fingerprint density at radius 1 is 1.10 bits per heavy atom. The number of nitrogens with one attached hydrogen (secondary N) is 1. The molecule has 1 unspecified atom stereocenters. The lowest BCUT2D eigenvalue weighted by Crippen LogP contribution is -2.40. The molecule has 0 heterocycles. The van der Waals surface area contributed by atoms with Crippen molar-refractivity contribution in [1.82, 2.24) is 0 Å². The van der Waals surface area contributed by atoms with Gasteiger partial charge >= 0.3 is 5.97 Å². The summed E-state index contributed by atoms with van der Waals surface area (Å²) in [6.07, 6.45) is 0. The van der Waals surface area contributed by atoms with E-state index >= 15 is 0 Å². The zero-order chi connectivity index (χ0) is 15.6. The van der Waals surface area contributed by atoms with E-state index in [0.29, 0.717) is 16.8 Å². The van der Waals surface area contributed by atoms with Gasteiger partial charge < -0.3 is 10.4 Å². The Morgan fingerprint density at radius 2 is 1.71 bits per heavy atom. The summed E-state index contributed by atoms with van der Waals surface area (Å²) in [5, 5.41) is 12.3. The Balaban J connectivity index is 2.43. The molecule has 0 saturated heterocycles. The molecule has 110 valence electrons. The number of carbonyl (C=O) groups is 1. The quantitative estimate of drug-likeness (QED) is 0.903. The summed E-state index contributed by atoms with van der Waals surface area (Å²) in [5.74, 6) is -2.05. The molecule has 0 aromatic heterocycles. The van der Waals surface area contributed by atoms with Gasteiger partial charge in [-0.2, -0.15) is 0 Å². The molecular weight excluding hydrogens is 276 g/mol. The van der Waals surface area contributed by atoms with Gasteiger partial charge in [-0.05, 0) is 55.3 Å². The average molecular weight is 291 g/mol. The van der Waals surface area contributed by atoms with E-state index in [4.69, 9.17) is 0 Å². The molecule has 0 aliphatic rings. The van der Waals surface area contributed by atoms with Gasteiger partial charge in [0.05, 0.1) is 0 Å². The van der Waals surface area contributed by atoms with E-state index in [2.05, 4.69) is 5.32 Å². The van der Waals surface area contributed by atoms with E-state index in [1.54, 1.807) is 13.0 Å². The summed E-state index contributed by atoms with van der Waals surface area (Å²) in [5.41, 5.74) is -0.0992. The van der Waals surface area contributed by atoms with E-state index in [9.17, 15) is 18.7 Å². The fraction of sp³-hybridized carbons (Fsp3) is 0.188. The summed E-state index contributed by atoms with van der Waals surface area (Å²) in [6, 6.07) is 9.38. The first-order chi connectivity index (χ1) is 9.81. The van der Waals surface area contributed by atoms with Crippen molar-refractivity contribution < 1.29 is 18.7 Å². The maximum atomic E-state index is 13.4. The van der Waals surface area contributed by atoms with Crippen molar-refractivity contribution in [2.24, 2.45) is 0 Å². The maximum absolute atomic E-state index is 13.4. The second kappa shape index (κ2) is 5.52. The second-order valence-electron chi connectivity index (χ2n) is 5.08. The number of hydrogen-bond donors (Lipinski definition) is 2. The van der Waals surface area contributed by atoms with Crippen LogP contribution < -0.4 is 5.32 Å². The lowest BCUT2D eigenvalue weighted by Gasteiger charge is -2.28. The molecule has 21 heavy (non-hydrogen) atoms. The van der Waals surface area contributed by atoms with Crippen molar-refractivity contribution in [3.8, 4) is 0 Å². The lowest BCUT2D eigenvalue weighted by atomic mass is 9.91. The first-order valence-corrected chi connectivity index (χ1v) is 6.36. The Hall–Kier alpha value is -2.43. The SMILES string of the molecule is Cc1cc(F)cc(NC(C)(C(=O)O)c2ccc(F)cc2)c1. The Labute approximate surface area is 121 Å². The average Bonchev–Trinajstić information content (AvgIpc) is 2.37. The highest BCUT2D eigenvalue weighted by molar-refractivity contribution is 5.84. The zero-order valence-electron chi connectivity index (χ0n) is 11.7. The highest BCUT2D eigenvalue weighted by atomic mass is 19.1. The number of rotatable bonds is 4. The predicted octanol–water partition coefficient (Wildman–Crippen LogP) is 3.69. The third-order valence-electron chi connectivity index (χ3n) is 3.29. The number of halogens is 2. The Bertz CT molecular complexity index is 650. The van der Waals surface area contributed by atoms with Crippen LogP contribution in [-0.4, -0.2) is 11.1 Å². The van der Waals surface area contributed by atoms with Gasteiger partial charge in [0.2, 0.25) is 0 Å². The lowest BCUT2D eigenvalue weighted by molar-refractivity contribution is -0.142. The second-order valence-corrected chi connectivity index (χ2v) is 5.08. The van der Waals surface area contributed by atoms with Crippen LogP contribution in [0.5, 0.6) is 0 Å². The Kier molecular flexibility index (Phi) is 3.93. The summed E-state index contributed by atoms with van der Waals surface area (Å²) in [4.78, 5) is 11.6. The molecule has 0 aliphatic carbocycles. The van der Waals surface area contributed by atoms with Crippen LogP contribution in [0.1, 0.15) is 18.1 Å². The topological polar surface area (TPSA) is 49.3 Å². The van der Waals surface area contributed by atoms with Crippen molar-refractivity contribution in [1.29, 1.82) is 0 Å². The highest BCUT2D eigenvalue weighted by Crippen LogP contribution is 2.27. The molecule has 0 saturated carbocycles. The van der Waals surface area contributed by atoms with Gasteiger partial charge in [0, 0.05) is 5.69 Å². The highest BCUT2D eigenvalue weighted by Gasteiger charge is 2.35. The van der Waals surface area contributed by atoms with Gasteiger partial charge in [-0.3, -0.25) is 0 Å². The molecule has 2 aromatic carbocycles. The van der Waals surface area contributed by atoms with Gasteiger partial charge in [-0.15, -0.1) is 0 Å². The van der Waals surface area contributed by atoms with E-state index in [-0.39, 0.29) is 0 Å². The van der Waals surface area contributed by atoms with Gasteiger partial charge in [0.25, 0.3) is 0 Å². The third-order valence-corrected chi connectivity index (χ3v) is 3.29. The molecule has 0 bridgehead atoms. The number of anilines is 1. The van der Waals surface area contributed by atoms with Crippen molar-refractivity contribution in [3.63, 3.8) is 0 Å². The minimum atomic E-state index is -1.49. The number of carboxylic acids is 1. The molecule has 0 amide bonds. The van der Waals surface area contributed by atoms with Crippen LogP contribution in [0.15, 0.2) is 42.5 Å². The number of benzene rings is 2. The van der Waals surface area contributed by atoms with Crippen molar-refractivity contribution in [2.45, 2.75) is 19.4 Å². The number of carboxylic acid groups (broad SMARTS) is 1. The largest absolute Gasteiger partial charge is 0.479 e. The third kappa shape index (κ3) is 3.18. The summed E-state index contributed by atoms with van der Waals surface area (Å²) in [7, 11) is 0. The first-order valence-electron chi connectivity index (χ1n) is 6.36. The molecule has 5 heteroatoms. The van der Waals surface area contributed by atoms with Crippen LogP contribution in [0.2, 0.25) is 0 Å². The number of hydrogen-bond acceptors (Lipinski definition) is 2. The number of aliphatic carboxylic acids is 1. The minimum Gasteiger partial charge on any atom is -0.479 e. The molecule has 2 rings (SSSR count). The van der Waals surface area contributed by atoms with E-state index < -0.39 is 23.1 Å². The molecule has 3 nitrogen and oxygen atoms in total. The normalized spacial score (nSPS) is 13.5. The summed E-state index contributed by atoms with van der Waals surface area (Å²) >= 11 is 0. The van der Waals surface area contributed by atoms with Crippen LogP contribution >= 0.6 is 0 Å². The zero-order valence-corrected chi connectivity index (χ0v) is 11.7. The molecule has 0 spiro atoms. The van der Waals surface area contributed by atoms with Crippen molar-refractivity contribution in [3.05, 3.63) is 65.2 Å². The smallest absolute Gasteiger partial charge is 0.333 e. The van der Waals surface area contributed by atoms with Crippen LogP contribution in [0, 0.1) is 18.6 Å². The fourth-order valence-electron chi connectivity index (χ4n) is 2.13. The van der Waals surface area contributed by atoms with Gasteiger partial charge in [-0.25, -0.2) is 13.6 Å². The van der Waals surface area contributed by atoms with Crippen LogP contribution in [0.3, 0.4) is 0 Å². The molecule has 1 atom stereocenters. The van der Waals surface area contributed by atoms with Crippen LogP contribution in [0.4, 0.5) is 14.5 Å². The van der Waals surface area contributed by atoms with E-state index in [0.717, 1.165) is 0 Å². The van der Waals surface area contributed by atoms with Crippen LogP contribution in [-0.2, 0) is 10.3 Å². The standard InChI is InChI=1S/C16H15F2NO2/c1-10-7-13(18)9-14(8-10)19-16(2,15(20)21)11-3-5-12(17)6-4-11/h3-9,19H,1-2H3,(H,20,21). The molecule has 2 aromatic rings. The van der Waals surface area contributed by atoms with E-state index in [1.807, 2.05) is 0 Å². The monoisotopic (exact) mass is 291 g/mol. The summed E-state index contributed by atoms with van der Waals surface area (Å²) < 4.78 is 26.4. The predicted molar refractivity (Wildman–Crippen MR) is 76.1 cm³/mol. The molecule has 2 N–H and O–H groups in total. The Morgan fingerprint density at radius 3 is 2.24 bits per heavy atom. The van der Waals surface area contributed by atoms with Crippen LogP contribution in [0.25, 0.3) is 0 Å². The van der Waals surface area contributed by atoms with Gasteiger partial charge in [0.15, 0.2) is 5.54 Å². The first kappa shape index (κ1) is 15.0. The molecular formula is C16H15F2NO2. The minimum absolute atomic E-state index is 0.349. The molecule has 0 fully saturated rings. The van der Waals surface area contributed by atoms with Crippen molar-refractivity contribution >= 4 is 11.7 Å². The van der Waals surface area contributed by atoms with Crippen molar-refractivity contribution in [2.75, 3.05) is 5.32 Å². The van der Waals surface area contributed by atoms with Gasteiger partial charge in [-0.1, -0.05) is 12.1 Å². The molecule has 0 radical (unpaired) electrons. The molecule has 0 aliphatic heterocycles. The number of aryl methyl sites for hydroxylation is 1. The van der Waals surface area contributed by atoms with E-state index in [1.165, 1.54) is 43.3 Å². The van der Waals surface area contributed by atoms with Gasteiger partial charge in [0.1, 0.15) is 11.6 Å². The fourth-order valence-corrected chi connectivity index (χ4v) is 2.13. The summed E-state index contributed by atoms with van der Waals surface area (Å²) in [6.45, 7) is 3.16.